The lowest BCUT2D eigenvalue weighted by atomic mass is 10.1. The Balaban J connectivity index is 2.38. The molecule has 0 aliphatic carbocycles. The van der Waals surface area contributed by atoms with Gasteiger partial charge in [0.05, 0.1) is 24.0 Å². The Labute approximate surface area is 149 Å². The molecule has 0 aliphatic rings. The van der Waals surface area contributed by atoms with Crippen molar-refractivity contribution in [3.63, 3.8) is 0 Å². The van der Waals surface area contributed by atoms with Crippen molar-refractivity contribution in [2.45, 2.75) is 17.9 Å². The summed E-state index contributed by atoms with van der Waals surface area (Å²) in [5, 5.41) is 10.8. The van der Waals surface area contributed by atoms with Crippen LogP contribution in [0.15, 0.2) is 41.3 Å². The molecule has 10 heteroatoms. The zero-order valence-corrected chi connectivity index (χ0v) is 15.0. The number of halogens is 1. The third kappa shape index (κ3) is 4.09. The number of benzene rings is 2. The van der Waals surface area contributed by atoms with Crippen molar-refractivity contribution in [2.75, 3.05) is 14.2 Å². The monoisotopic (exact) mass is 384 g/mol. The van der Waals surface area contributed by atoms with E-state index in [1.54, 1.807) is 25.1 Å². The topological polar surface area (TPSA) is 108 Å². The Kier molecular flexibility index (Phi) is 5.78. The van der Waals surface area contributed by atoms with Gasteiger partial charge in [0, 0.05) is 17.7 Å². The minimum atomic E-state index is -4.14. The van der Waals surface area contributed by atoms with Crippen molar-refractivity contribution in [3.8, 4) is 11.5 Å². The number of sulfonamides is 1. The maximum Gasteiger partial charge on any atom is 0.306 e. The third-order valence-electron chi connectivity index (χ3n) is 3.66. The number of nitro groups is 1. The standard InChI is InChI=1S/C16H17FN2O6S/c1-10(13-8-11(24-2)4-7-16(13)25-3)18-26(22,23)12-5-6-14(17)15(9-12)19(20)21/h4-10,18H,1-3H3/t10-/m0/s1. The highest BCUT2D eigenvalue weighted by molar-refractivity contribution is 7.89. The van der Waals surface area contributed by atoms with Gasteiger partial charge in [-0.25, -0.2) is 13.1 Å². The molecular formula is C16H17FN2O6S. The van der Waals surface area contributed by atoms with E-state index in [1.807, 2.05) is 0 Å². The summed E-state index contributed by atoms with van der Waals surface area (Å²) in [5.74, 6) is -0.174. The summed E-state index contributed by atoms with van der Waals surface area (Å²) < 4.78 is 51.2. The fourth-order valence-corrected chi connectivity index (χ4v) is 3.58. The Morgan fingerprint density at radius 1 is 1.15 bits per heavy atom. The van der Waals surface area contributed by atoms with Gasteiger partial charge in [-0.1, -0.05) is 0 Å². The van der Waals surface area contributed by atoms with E-state index in [9.17, 15) is 22.9 Å². The molecule has 0 saturated carbocycles. The van der Waals surface area contributed by atoms with Gasteiger partial charge in [-0.3, -0.25) is 10.1 Å². The molecule has 0 aromatic heterocycles. The number of hydrogen-bond acceptors (Lipinski definition) is 6. The molecule has 8 nitrogen and oxygen atoms in total. The second kappa shape index (κ2) is 7.67. The van der Waals surface area contributed by atoms with E-state index in [1.165, 1.54) is 14.2 Å². The van der Waals surface area contributed by atoms with Gasteiger partial charge in [0.2, 0.25) is 15.8 Å². The summed E-state index contributed by atoms with van der Waals surface area (Å²) in [5.41, 5.74) is -0.411. The van der Waals surface area contributed by atoms with E-state index in [-0.39, 0.29) is 0 Å². The Bertz CT molecular complexity index is 932. The molecule has 0 bridgehead atoms. The SMILES string of the molecule is COc1ccc(OC)c([C@H](C)NS(=O)(=O)c2ccc(F)c([N+](=O)[O-])c2)c1. The predicted octanol–water partition coefficient (Wildman–Crippen LogP) is 2.79. The largest absolute Gasteiger partial charge is 0.497 e. The van der Waals surface area contributed by atoms with Crippen LogP contribution in [0.25, 0.3) is 0 Å². The van der Waals surface area contributed by atoms with Crippen molar-refractivity contribution in [2.24, 2.45) is 0 Å². The lowest BCUT2D eigenvalue weighted by Gasteiger charge is -2.18. The van der Waals surface area contributed by atoms with Crippen molar-refractivity contribution in [1.82, 2.24) is 4.72 Å². The second-order valence-corrected chi connectivity index (χ2v) is 7.04. The smallest absolute Gasteiger partial charge is 0.306 e. The average molecular weight is 384 g/mol. The normalized spacial score (nSPS) is 12.5. The Morgan fingerprint density at radius 3 is 2.42 bits per heavy atom. The van der Waals surface area contributed by atoms with Gasteiger partial charge in [0.25, 0.3) is 0 Å². The molecule has 0 heterocycles. The van der Waals surface area contributed by atoms with Crippen LogP contribution in [-0.4, -0.2) is 27.6 Å². The number of nitrogens with zero attached hydrogens (tertiary/aromatic N) is 1. The fraction of sp³-hybridized carbons (Fsp3) is 0.250. The zero-order chi connectivity index (χ0) is 19.5. The van der Waals surface area contributed by atoms with Crippen molar-refractivity contribution < 1.29 is 27.2 Å². The highest BCUT2D eigenvalue weighted by atomic mass is 32.2. The van der Waals surface area contributed by atoms with Gasteiger partial charge < -0.3 is 9.47 Å². The van der Waals surface area contributed by atoms with Gasteiger partial charge in [0.15, 0.2) is 0 Å². The maximum absolute atomic E-state index is 13.4. The van der Waals surface area contributed by atoms with E-state index < -0.39 is 37.4 Å². The number of rotatable bonds is 7. The minimum Gasteiger partial charge on any atom is -0.497 e. The van der Waals surface area contributed by atoms with Crippen molar-refractivity contribution in [1.29, 1.82) is 0 Å². The highest BCUT2D eigenvalue weighted by Gasteiger charge is 2.24. The number of nitrogens with one attached hydrogen (secondary N) is 1. The van der Waals surface area contributed by atoms with Crippen LogP contribution in [0.4, 0.5) is 10.1 Å². The molecule has 1 atom stereocenters. The first kappa shape index (κ1) is 19.6. The van der Waals surface area contributed by atoms with E-state index in [0.29, 0.717) is 23.1 Å². The molecule has 0 aliphatic heterocycles. The molecule has 2 rings (SSSR count). The number of hydrogen-bond donors (Lipinski definition) is 1. The van der Waals surface area contributed by atoms with Crippen LogP contribution in [0.2, 0.25) is 0 Å². The molecule has 0 amide bonds. The molecule has 0 unspecified atom stereocenters. The van der Waals surface area contributed by atoms with Crippen LogP contribution in [0.3, 0.4) is 0 Å². The van der Waals surface area contributed by atoms with E-state index in [4.69, 9.17) is 9.47 Å². The molecule has 0 spiro atoms. The van der Waals surface area contributed by atoms with E-state index in [2.05, 4.69) is 4.72 Å². The molecule has 140 valence electrons. The Morgan fingerprint density at radius 2 is 1.85 bits per heavy atom. The second-order valence-electron chi connectivity index (χ2n) is 5.32. The lowest BCUT2D eigenvalue weighted by molar-refractivity contribution is -0.387. The molecule has 0 saturated heterocycles. The van der Waals surface area contributed by atoms with Crippen molar-refractivity contribution >= 4 is 15.7 Å². The summed E-state index contributed by atoms with van der Waals surface area (Å²) in [6.45, 7) is 1.58. The molecule has 0 radical (unpaired) electrons. The van der Waals surface area contributed by atoms with Gasteiger partial charge in [-0.2, -0.15) is 4.39 Å². The molecule has 1 N–H and O–H groups in total. The number of methoxy groups -OCH3 is 2. The van der Waals surface area contributed by atoms with Gasteiger partial charge in [0.1, 0.15) is 11.5 Å². The quantitative estimate of drug-likeness (QED) is 0.581. The summed E-state index contributed by atoms with van der Waals surface area (Å²) in [6.07, 6.45) is 0. The molecule has 26 heavy (non-hydrogen) atoms. The maximum atomic E-state index is 13.4. The summed E-state index contributed by atoms with van der Waals surface area (Å²) in [7, 11) is -1.23. The minimum absolute atomic E-state index is 0.417. The van der Waals surface area contributed by atoms with Crippen LogP contribution >= 0.6 is 0 Å². The van der Waals surface area contributed by atoms with Gasteiger partial charge in [-0.05, 0) is 37.3 Å². The number of nitro benzene ring substituents is 1. The van der Waals surface area contributed by atoms with Crippen LogP contribution in [0.5, 0.6) is 11.5 Å². The molecule has 2 aromatic carbocycles. The lowest BCUT2D eigenvalue weighted by Crippen LogP contribution is -2.27. The molecular weight excluding hydrogens is 367 g/mol. The third-order valence-corrected chi connectivity index (χ3v) is 5.20. The van der Waals surface area contributed by atoms with Crippen molar-refractivity contribution in [3.05, 3.63) is 57.9 Å². The fourth-order valence-electron chi connectivity index (χ4n) is 2.34. The van der Waals surface area contributed by atoms with Gasteiger partial charge >= 0.3 is 5.69 Å². The molecule has 2 aromatic rings. The summed E-state index contributed by atoms with van der Waals surface area (Å²) in [6, 6.07) is 6.53. The Hall–Kier alpha value is -2.72. The average Bonchev–Trinajstić information content (AvgIpc) is 2.60. The highest BCUT2D eigenvalue weighted by Crippen LogP contribution is 2.30. The van der Waals surface area contributed by atoms with Crippen LogP contribution in [-0.2, 0) is 10.0 Å². The van der Waals surface area contributed by atoms with E-state index >= 15 is 0 Å². The van der Waals surface area contributed by atoms with E-state index in [0.717, 1.165) is 12.1 Å². The first-order valence-corrected chi connectivity index (χ1v) is 8.86. The van der Waals surface area contributed by atoms with Gasteiger partial charge in [-0.15, -0.1) is 0 Å². The van der Waals surface area contributed by atoms with Crippen LogP contribution < -0.4 is 14.2 Å². The molecule has 0 fully saturated rings. The first-order valence-electron chi connectivity index (χ1n) is 7.37. The summed E-state index contributed by atoms with van der Waals surface area (Å²) >= 11 is 0. The van der Waals surface area contributed by atoms with Crippen LogP contribution in [0, 0.1) is 15.9 Å². The number of ether oxygens (including phenoxy) is 2. The zero-order valence-electron chi connectivity index (χ0n) is 14.2. The summed E-state index contributed by atoms with van der Waals surface area (Å²) in [4.78, 5) is 9.42. The van der Waals surface area contributed by atoms with Crippen LogP contribution in [0.1, 0.15) is 18.5 Å². The first-order chi connectivity index (χ1) is 12.2. The predicted molar refractivity (Wildman–Crippen MR) is 91.3 cm³/mol.